The molecule has 0 saturated heterocycles. The van der Waals surface area contributed by atoms with Crippen molar-refractivity contribution in [3.63, 3.8) is 0 Å². The highest BCUT2D eigenvalue weighted by Gasteiger charge is 2.17. The van der Waals surface area contributed by atoms with Gasteiger partial charge in [0.2, 0.25) is 5.91 Å². The first-order valence-corrected chi connectivity index (χ1v) is 10.9. The smallest absolute Gasteiger partial charge is 0.235 e. The zero-order valence-corrected chi connectivity index (χ0v) is 17.4. The van der Waals surface area contributed by atoms with E-state index < -0.39 is 0 Å². The Hall–Kier alpha value is -3.48. The summed E-state index contributed by atoms with van der Waals surface area (Å²) in [6.45, 7) is 0.582. The third-order valence-corrected chi connectivity index (χ3v) is 6.01. The van der Waals surface area contributed by atoms with Crippen LogP contribution < -0.4 is 5.32 Å². The zero-order chi connectivity index (χ0) is 20.8. The van der Waals surface area contributed by atoms with E-state index in [1.54, 1.807) is 23.8 Å². The normalized spacial score (nSPS) is 10.5. The van der Waals surface area contributed by atoms with E-state index in [2.05, 4.69) is 26.6 Å². The first kappa shape index (κ1) is 19.8. The number of thiophene rings is 1. The van der Waals surface area contributed by atoms with Crippen LogP contribution in [0.1, 0.15) is 11.1 Å². The summed E-state index contributed by atoms with van der Waals surface area (Å²) in [5.74, 6) is 0.680. The van der Waals surface area contributed by atoms with Gasteiger partial charge in [-0.1, -0.05) is 42.1 Å². The molecule has 4 rings (SSSR count). The van der Waals surface area contributed by atoms with Crippen LogP contribution in [0.3, 0.4) is 0 Å². The van der Waals surface area contributed by atoms with Gasteiger partial charge in [-0.2, -0.15) is 5.26 Å². The van der Waals surface area contributed by atoms with Crippen LogP contribution in [0.15, 0.2) is 71.5 Å². The Bertz CT molecular complexity index is 1180. The molecule has 0 aliphatic rings. The van der Waals surface area contributed by atoms with E-state index >= 15 is 0 Å². The molecule has 0 atom stereocenters. The highest BCUT2D eigenvalue weighted by atomic mass is 32.2. The van der Waals surface area contributed by atoms with Crippen molar-refractivity contribution in [2.24, 2.45) is 0 Å². The monoisotopic (exact) mass is 432 g/mol. The number of nitrogens with zero attached hydrogens (tertiary/aromatic N) is 5. The van der Waals surface area contributed by atoms with Crippen molar-refractivity contribution in [3.05, 3.63) is 77.4 Å². The molecule has 148 valence electrons. The van der Waals surface area contributed by atoms with Gasteiger partial charge < -0.3 is 5.32 Å². The van der Waals surface area contributed by atoms with Gasteiger partial charge in [0.1, 0.15) is 11.1 Å². The molecule has 7 nitrogen and oxygen atoms in total. The Morgan fingerprint density at radius 2 is 1.93 bits per heavy atom. The molecular formula is C21H16N6OS2. The number of anilines is 1. The van der Waals surface area contributed by atoms with E-state index in [4.69, 9.17) is 5.26 Å². The summed E-state index contributed by atoms with van der Waals surface area (Å²) >= 11 is 2.64. The van der Waals surface area contributed by atoms with Crippen molar-refractivity contribution in [1.82, 2.24) is 19.7 Å². The summed E-state index contributed by atoms with van der Waals surface area (Å²) < 4.78 is 1.99. The van der Waals surface area contributed by atoms with Gasteiger partial charge in [-0.05, 0) is 29.1 Å². The van der Waals surface area contributed by atoms with Crippen LogP contribution in [0.2, 0.25) is 0 Å². The molecule has 1 amide bonds. The van der Waals surface area contributed by atoms with Gasteiger partial charge in [-0.15, -0.1) is 21.5 Å². The van der Waals surface area contributed by atoms with Crippen molar-refractivity contribution in [2.75, 3.05) is 11.1 Å². The lowest BCUT2D eigenvalue weighted by Crippen LogP contribution is -2.14. The summed E-state index contributed by atoms with van der Waals surface area (Å²) in [6.07, 6.45) is 3.43. The minimum absolute atomic E-state index is 0.159. The lowest BCUT2D eigenvalue weighted by molar-refractivity contribution is -0.113. The fourth-order valence-corrected chi connectivity index (χ4v) is 4.30. The molecule has 0 aliphatic heterocycles. The van der Waals surface area contributed by atoms with Crippen LogP contribution in [0, 0.1) is 11.3 Å². The van der Waals surface area contributed by atoms with Crippen LogP contribution >= 0.6 is 23.1 Å². The van der Waals surface area contributed by atoms with E-state index in [0.29, 0.717) is 28.1 Å². The third-order valence-electron chi connectivity index (χ3n) is 4.21. The predicted molar refractivity (Wildman–Crippen MR) is 117 cm³/mol. The van der Waals surface area contributed by atoms with Crippen molar-refractivity contribution >= 4 is 34.0 Å². The van der Waals surface area contributed by atoms with Gasteiger partial charge in [-0.25, -0.2) is 0 Å². The maximum absolute atomic E-state index is 12.4. The molecule has 9 heteroatoms. The standard InChI is InChI=1S/C21H16N6OS2/c22-12-17-8-11-29-20(17)24-18(28)14-30-21-26-25-19(16-6-9-23-10-7-16)27(21)13-15-4-2-1-3-5-15/h1-11H,13-14H2,(H,24,28). The molecule has 3 aromatic heterocycles. The summed E-state index contributed by atoms with van der Waals surface area (Å²) in [6, 6.07) is 17.5. The average molecular weight is 433 g/mol. The Kier molecular flexibility index (Phi) is 6.17. The first-order chi connectivity index (χ1) is 14.7. The SMILES string of the molecule is N#Cc1ccsc1NC(=O)CSc1nnc(-c2ccncc2)n1Cc1ccccc1. The lowest BCUT2D eigenvalue weighted by Gasteiger charge is -2.10. The number of rotatable bonds is 7. The van der Waals surface area contributed by atoms with E-state index in [1.807, 2.05) is 47.0 Å². The van der Waals surface area contributed by atoms with Gasteiger partial charge in [-0.3, -0.25) is 14.3 Å². The molecule has 30 heavy (non-hydrogen) atoms. The fraction of sp³-hybridized carbons (Fsp3) is 0.0952. The highest BCUT2D eigenvalue weighted by Crippen LogP contribution is 2.26. The molecule has 0 unspecified atom stereocenters. The van der Waals surface area contributed by atoms with Gasteiger partial charge in [0.25, 0.3) is 0 Å². The minimum atomic E-state index is -0.196. The number of carbonyl (C=O) groups excluding carboxylic acids is 1. The number of aromatic nitrogens is 4. The van der Waals surface area contributed by atoms with Gasteiger partial charge in [0.05, 0.1) is 17.9 Å². The number of nitriles is 1. The van der Waals surface area contributed by atoms with Crippen LogP contribution in [0.25, 0.3) is 11.4 Å². The Morgan fingerprint density at radius 3 is 2.70 bits per heavy atom. The number of nitrogens with one attached hydrogen (secondary N) is 1. The highest BCUT2D eigenvalue weighted by molar-refractivity contribution is 7.99. The van der Waals surface area contributed by atoms with Gasteiger partial charge in [0, 0.05) is 18.0 Å². The Labute approximate surface area is 181 Å². The van der Waals surface area contributed by atoms with Crippen LogP contribution in [0.4, 0.5) is 5.00 Å². The van der Waals surface area contributed by atoms with Crippen LogP contribution in [-0.2, 0) is 11.3 Å². The summed E-state index contributed by atoms with van der Waals surface area (Å²) in [7, 11) is 0. The quantitative estimate of drug-likeness (QED) is 0.443. The predicted octanol–water partition coefficient (Wildman–Crippen LogP) is 4.05. The molecule has 1 N–H and O–H groups in total. The lowest BCUT2D eigenvalue weighted by atomic mass is 10.2. The van der Waals surface area contributed by atoms with Gasteiger partial charge in [0.15, 0.2) is 11.0 Å². The largest absolute Gasteiger partial charge is 0.316 e. The molecule has 0 fully saturated rings. The number of pyridine rings is 1. The molecule has 0 saturated carbocycles. The second kappa shape index (κ2) is 9.35. The van der Waals surface area contributed by atoms with Crippen LogP contribution in [0.5, 0.6) is 0 Å². The number of hydrogen-bond donors (Lipinski definition) is 1. The van der Waals surface area contributed by atoms with Crippen molar-refractivity contribution in [1.29, 1.82) is 5.26 Å². The molecule has 1 aromatic carbocycles. The minimum Gasteiger partial charge on any atom is -0.316 e. The molecule has 0 bridgehead atoms. The van der Waals surface area contributed by atoms with E-state index in [0.717, 1.165) is 11.1 Å². The van der Waals surface area contributed by atoms with Crippen molar-refractivity contribution in [3.8, 4) is 17.5 Å². The number of benzene rings is 1. The second-order valence-electron chi connectivity index (χ2n) is 6.23. The Balaban J connectivity index is 1.54. The number of thioether (sulfide) groups is 1. The number of hydrogen-bond acceptors (Lipinski definition) is 7. The number of carbonyl (C=O) groups is 1. The van der Waals surface area contributed by atoms with Crippen LogP contribution in [-0.4, -0.2) is 31.4 Å². The Morgan fingerprint density at radius 1 is 1.13 bits per heavy atom. The maximum Gasteiger partial charge on any atom is 0.235 e. The molecule has 0 aliphatic carbocycles. The molecule has 3 heterocycles. The summed E-state index contributed by atoms with van der Waals surface area (Å²) in [5.41, 5.74) is 2.48. The first-order valence-electron chi connectivity index (χ1n) is 9.02. The summed E-state index contributed by atoms with van der Waals surface area (Å²) in [4.78, 5) is 16.5. The van der Waals surface area contributed by atoms with Gasteiger partial charge >= 0.3 is 0 Å². The topological polar surface area (TPSA) is 96.5 Å². The molecule has 0 radical (unpaired) electrons. The summed E-state index contributed by atoms with van der Waals surface area (Å²) in [5, 5.41) is 23.5. The van der Waals surface area contributed by atoms with E-state index in [1.165, 1.54) is 23.1 Å². The fourth-order valence-electron chi connectivity index (χ4n) is 2.81. The second-order valence-corrected chi connectivity index (χ2v) is 8.08. The van der Waals surface area contributed by atoms with E-state index in [9.17, 15) is 4.79 Å². The maximum atomic E-state index is 12.4. The zero-order valence-electron chi connectivity index (χ0n) is 15.7. The third kappa shape index (κ3) is 4.56. The van der Waals surface area contributed by atoms with Crippen molar-refractivity contribution < 1.29 is 4.79 Å². The number of amides is 1. The molecular weight excluding hydrogens is 416 g/mol. The van der Waals surface area contributed by atoms with E-state index in [-0.39, 0.29) is 11.7 Å². The molecule has 0 spiro atoms. The average Bonchev–Trinajstić information content (AvgIpc) is 3.40. The molecule has 4 aromatic rings. The van der Waals surface area contributed by atoms with Crippen molar-refractivity contribution in [2.45, 2.75) is 11.7 Å².